The van der Waals surface area contributed by atoms with Gasteiger partial charge < -0.3 is 9.14 Å². The first kappa shape index (κ1) is 9.32. The highest BCUT2D eigenvalue weighted by molar-refractivity contribution is 7.58. The van der Waals surface area contributed by atoms with E-state index < -0.39 is 15.9 Å². The minimum absolute atomic E-state index is 0.720. The van der Waals surface area contributed by atoms with Crippen molar-refractivity contribution in [3.63, 3.8) is 0 Å². The third-order valence-electron chi connectivity index (χ3n) is 1.74. The molecule has 3 aromatic rings. The lowest BCUT2D eigenvalue weighted by Gasteiger charge is -2.06. The summed E-state index contributed by atoms with van der Waals surface area (Å²) in [5, 5.41) is 0. The zero-order valence-corrected chi connectivity index (χ0v) is 10.1. The van der Waals surface area contributed by atoms with Crippen LogP contribution < -0.4 is 10.3 Å². The number of hydrogen-bond acceptors (Lipinski definition) is 4. The molecule has 2 aromatic heterocycles. The van der Waals surface area contributed by atoms with Crippen LogP contribution in [-0.2, 0) is 0 Å². The molecule has 2 heterocycles. The van der Waals surface area contributed by atoms with Crippen molar-refractivity contribution in [1.82, 2.24) is 12.9 Å². The monoisotopic (exact) mass is 260 g/mol. The average Bonchev–Trinajstić information content (AvgIpc) is 3.04. The second kappa shape index (κ2) is 3.58. The fourth-order valence-electron chi connectivity index (χ4n) is 1.03. The van der Waals surface area contributed by atoms with E-state index in [1.807, 2.05) is 30.3 Å². The van der Waals surface area contributed by atoms with Gasteiger partial charge in [-0.3, -0.25) is 5.50 Å². The Hall–Kier alpha value is -0.920. The van der Waals surface area contributed by atoms with E-state index in [-0.39, 0.29) is 0 Å². The van der Waals surface area contributed by atoms with Gasteiger partial charge in [0.15, 0.2) is 22.3 Å². The molecular weight excluding hydrogens is 253 g/mol. The number of nitrogens with zero attached hydrogens (tertiary/aromatic N) is 3. The summed E-state index contributed by atoms with van der Waals surface area (Å²) in [5.41, 5.74) is 5.93. The lowest BCUT2D eigenvalue weighted by molar-refractivity contribution is 0.274. The normalized spacial score (nSPS) is 13.9. The van der Waals surface area contributed by atoms with Gasteiger partial charge >= 0.3 is 7.90 Å². The van der Waals surface area contributed by atoms with Crippen molar-refractivity contribution in [2.45, 2.75) is 0 Å². The molecule has 2 atom stereocenters. The number of rotatable bonds is 2. The molecule has 0 bridgehead atoms. The van der Waals surface area contributed by atoms with Gasteiger partial charge in [0.1, 0.15) is 0 Å². The van der Waals surface area contributed by atoms with Crippen LogP contribution in [0.2, 0.25) is 0 Å². The van der Waals surface area contributed by atoms with Crippen LogP contribution in [0.3, 0.4) is 0 Å². The Balaban J connectivity index is 1.95. The van der Waals surface area contributed by atoms with E-state index in [0.29, 0.717) is 0 Å². The van der Waals surface area contributed by atoms with Crippen molar-refractivity contribution < 1.29 is 9.14 Å². The molecule has 0 amide bonds. The van der Waals surface area contributed by atoms with Gasteiger partial charge in [-0.2, -0.15) is 0 Å². The van der Waals surface area contributed by atoms with E-state index in [9.17, 15) is 0 Å². The number of aromatic nitrogens is 3. The molecule has 0 radical (unpaired) electrons. The Morgan fingerprint density at radius 1 is 1.40 bits per heavy atom. The lowest BCUT2D eigenvalue weighted by atomic mass is 10.3. The van der Waals surface area contributed by atoms with Crippen LogP contribution in [0.1, 0.15) is 0 Å². The van der Waals surface area contributed by atoms with Crippen LogP contribution in [0.15, 0.2) is 34.6 Å². The third kappa shape index (κ3) is 1.77. The second-order valence-corrected chi connectivity index (χ2v) is 7.03. The Morgan fingerprint density at radius 2 is 2.20 bits per heavy atom. The molecule has 15 heavy (non-hydrogen) atoms. The molecule has 78 valence electrons. The van der Waals surface area contributed by atoms with E-state index in [0.717, 1.165) is 14.3 Å². The standard InChI is InChI=1S/C6H7N4O2P3/c7-14-9(13-8-15-10(14)12-15)11-6-4-2-1-3-5-6/h1-5H,7H2. The van der Waals surface area contributed by atoms with Crippen molar-refractivity contribution in [3.05, 3.63) is 30.3 Å². The fourth-order valence-corrected chi connectivity index (χ4v) is 5.33. The summed E-state index contributed by atoms with van der Waals surface area (Å²) in [4.78, 5) is 5.58. The lowest BCUT2D eigenvalue weighted by Crippen LogP contribution is -2.04. The second-order valence-electron chi connectivity index (χ2n) is 2.74. The Morgan fingerprint density at radius 3 is 3.00 bits per heavy atom. The van der Waals surface area contributed by atoms with E-state index in [1.54, 1.807) is 8.35 Å². The summed E-state index contributed by atoms with van der Waals surface area (Å²) >= 11 is 0. The van der Waals surface area contributed by atoms with Crippen molar-refractivity contribution in [3.8, 4) is 5.75 Å². The van der Waals surface area contributed by atoms with E-state index in [1.165, 1.54) is 0 Å². The van der Waals surface area contributed by atoms with Gasteiger partial charge in [-0.05, 0) is 12.1 Å². The maximum absolute atomic E-state index is 5.93. The molecule has 9 heteroatoms. The van der Waals surface area contributed by atoms with Gasteiger partial charge in [0.25, 0.3) is 0 Å². The number of nitrogen functional groups attached to an aromatic ring is 1. The average molecular weight is 260 g/mol. The van der Waals surface area contributed by atoms with Gasteiger partial charge in [-0.1, -0.05) is 26.6 Å². The largest absolute Gasteiger partial charge is 0.365 e. The maximum atomic E-state index is 5.93. The van der Waals surface area contributed by atoms with Gasteiger partial charge in [0.2, 0.25) is 0 Å². The molecule has 2 unspecified atom stereocenters. The van der Waals surface area contributed by atoms with E-state index in [4.69, 9.17) is 14.6 Å². The number of hydrogen-bond donors (Lipinski definition) is 1. The van der Waals surface area contributed by atoms with Crippen molar-refractivity contribution in [2.24, 2.45) is 0 Å². The topological polar surface area (TPSA) is 70.6 Å². The van der Waals surface area contributed by atoms with Crippen LogP contribution in [0, 0.1) is 0 Å². The summed E-state index contributed by atoms with van der Waals surface area (Å²) < 4.78 is 12.7. The van der Waals surface area contributed by atoms with Crippen molar-refractivity contribution >= 4 is 24.4 Å². The summed E-state index contributed by atoms with van der Waals surface area (Å²) in [6.07, 6.45) is 0. The molecule has 0 aliphatic rings. The van der Waals surface area contributed by atoms with E-state index in [2.05, 4.69) is 4.51 Å². The van der Waals surface area contributed by atoms with Crippen LogP contribution >= 0.6 is 24.4 Å². The van der Waals surface area contributed by atoms with Crippen LogP contribution in [0.4, 0.5) is 0 Å². The molecule has 0 saturated carbocycles. The number of nitrogens with two attached hydrogens (primary N) is 1. The highest BCUT2D eigenvalue weighted by Crippen LogP contribution is 2.38. The van der Waals surface area contributed by atoms with Gasteiger partial charge in [0.05, 0.1) is 0 Å². The summed E-state index contributed by atoms with van der Waals surface area (Å²) in [6, 6.07) is 9.50. The van der Waals surface area contributed by atoms with Gasteiger partial charge in [-0.15, -0.1) is 4.51 Å². The molecular formula is C6H7N4O2P3. The first-order valence-electron chi connectivity index (χ1n) is 4.12. The molecule has 3 rings (SSSR count). The smallest absolute Gasteiger partial charge is 0.327 e. The molecule has 2 N–H and O–H groups in total. The predicted molar refractivity (Wildman–Crippen MR) is 60.3 cm³/mol. The van der Waals surface area contributed by atoms with Crippen molar-refractivity contribution in [1.29, 1.82) is 0 Å². The molecule has 0 spiro atoms. The fraction of sp³-hybridized carbons (Fsp3) is 0. The Bertz CT molecular complexity index is 586. The third-order valence-corrected chi connectivity index (χ3v) is 6.24. The first-order chi connectivity index (χ1) is 7.34. The van der Waals surface area contributed by atoms with Gasteiger partial charge in [-0.25, -0.2) is 0 Å². The quantitative estimate of drug-likeness (QED) is 0.768. The number of para-hydroxylation sites is 1. The molecule has 1 aromatic carbocycles. The summed E-state index contributed by atoms with van der Waals surface area (Å²) in [7, 11) is -1.04. The van der Waals surface area contributed by atoms with Crippen LogP contribution in [0.25, 0.3) is 0 Å². The van der Waals surface area contributed by atoms with Gasteiger partial charge in [0, 0.05) is 0 Å². The summed E-state index contributed by atoms with van der Waals surface area (Å²) in [6.45, 7) is 0. The first-order valence-corrected chi connectivity index (χ1v) is 7.40. The summed E-state index contributed by atoms with van der Waals surface area (Å²) in [5.74, 6) is 0.756. The molecule has 0 fully saturated rings. The Labute approximate surface area is 88.5 Å². The maximum Gasteiger partial charge on any atom is 0.327 e. The zero-order valence-electron chi connectivity index (χ0n) is 7.46. The predicted octanol–water partition coefficient (Wildman–Crippen LogP) is 2.70. The number of fused-ring (bicyclic) bond motifs is 1. The Kier molecular flexibility index (Phi) is 2.23. The minimum Gasteiger partial charge on any atom is -0.365 e. The highest BCUT2D eigenvalue weighted by atomic mass is 31.2. The van der Waals surface area contributed by atoms with E-state index >= 15 is 0 Å². The molecule has 0 aliphatic carbocycles. The van der Waals surface area contributed by atoms with Crippen LogP contribution in [0.5, 0.6) is 5.75 Å². The SMILES string of the molecule is Np1n(Oc2ccccc2)pnp2on12. The van der Waals surface area contributed by atoms with Crippen molar-refractivity contribution in [2.75, 3.05) is 5.50 Å². The molecule has 6 nitrogen and oxygen atoms in total. The highest BCUT2D eigenvalue weighted by Gasteiger charge is 2.13. The molecule has 0 aliphatic heterocycles. The zero-order chi connectivity index (χ0) is 10.3. The molecule has 0 saturated heterocycles. The number of benzene rings is 1. The minimum atomic E-state index is -1.02. The van der Waals surface area contributed by atoms with Crippen LogP contribution in [-0.4, -0.2) is 12.9 Å².